The Kier molecular flexibility index (Phi) is 4.76. The van der Waals surface area contributed by atoms with Crippen LogP contribution in [0.3, 0.4) is 0 Å². The van der Waals surface area contributed by atoms with E-state index in [4.69, 9.17) is 10.7 Å². The van der Waals surface area contributed by atoms with Crippen molar-refractivity contribution in [1.82, 2.24) is 14.5 Å². The molecule has 0 aromatic carbocycles. The highest BCUT2D eigenvalue weighted by Gasteiger charge is 2.18. The molecule has 1 atom stereocenters. The number of aromatic nitrogens is 3. The molecule has 2 rings (SSSR count). The molecule has 2 aromatic rings. The van der Waals surface area contributed by atoms with E-state index in [2.05, 4.69) is 37.2 Å². The molecular formula is C16H26N4. The molecule has 2 N–H and O–H groups in total. The summed E-state index contributed by atoms with van der Waals surface area (Å²) in [5.74, 6) is 2.27. The molecule has 0 saturated carbocycles. The molecule has 0 aliphatic heterocycles. The van der Waals surface area contributed by atoms with Crippen molar-refractivity contribution in [3.05, 3.63) is 24.2 Å². The number of hydrogen-bond donors (Lipinski definition) is 1. The number of nitrogens with zero attached hydrogens (tertiary/aromatic N) is 3. The lowest BCUT2D eigenvalue weighted by atomic mass is 9.94. The number of hydrogen-bond acceptors (Lipinski definition) is 3. The van der Waals surface area contributed by atoms with Crippen LogP contribution in [0.2, 0.25) is 0 Å². The highest BCUT2D eigenvalue weighted by atomic mass is 15.1. The highest BCUT2D eigenvalue weighted by molar-refractivity contribution is 5.71. The van der Waals surface area contributed by atoms with Crippen LogP contribution < -0.4 is 5.73 Å². The van der Waals surface area contributed by atoms with E-state index in [0.717, 1.165) is 29.8 Å². The van der Waals surface area contributed by atoms with E-state index in [1.165, 1.54) is 0 Å². The molecule has 0 amide bonds. The number of rotatable bonds is 6. The van der Waals surface area contributed by atoms with E-state index in [1.54, 1.807) is 0 Å². The minimum atomic E-state index is 0.363. The van der Waals surface area contributed by atoms with Crippen molar-refractivity contribution in [1.29, 1.82) is 0 Å². The molecule has 0 aliphatic rings. The number of nitrogens with two attached hydrogens (primary N) is 1. The van der Waals surface area contributed by atoms with Gasteiger partial charge in [-0.1, -0.05) is 13.8 Å². The third-order valence-electron chi connectivity index (χ3n) is 3.65. The molecule has 0 saturated heterocycles. The van der Waals surface area contributed by atoms with Gasteiger partial charge in [0.25, 0.3) is 0 Å². The summed E-state index contributed by atoms with van der Waals surface area (Å²) in [6, 6.07) is 4.34. The van der Waals surface area contributed by atoms with Crippen LogP contribution in [0.15, 0.2) is 18.3 Å². The van der Waals surface area contributed by atoms with Gasteiger partial charge < -0.3 is 10.3 Å². The second-order valence-corrected chi connectivity index (χ2v) is 6.27. The van der Waals surface area contributed by atoms with Gasteiger partial charge in [0.2, 0.25) is 0 Å². The van der Waals surface area contributed by atoms with Crippen molar-refractivity contribution in [2.45, 2.75) is 46.6 Å². The molecule has 0 spiro atoms. The van der Waals surface area contributed by atoms with Crippen LogP contribution in [0.25, 0.3) is 11.2 Å². The zero-order chi connectivity index (χ0) is 14.7. The van der Waals surface area contributed by atoms with E-state index in [-0.39, 0.29) is 0 Å². The summed E-state index contributed by atoms with van der Waals surface area (Å²) in [4.78, 5) is 9.26. The summed E-state index contributed by atoms with van der Waals surface area (Å²) < 4.78 is 2.25. The van der Waals surface area contributed by atoms with Gasteiger partial charge in [0, 0.05) is 18.7 Å². The maximum absolute atomic E-state index is 5.94. The molecule has 4 nitrogen and oxygen atoms in total. The lowest BCUT2D eigenvalue weighted by Crippen LogP contribution is -2.21. The standard InChI is InChI=1S/C16H26N4/c1-11(2)8-13(10-17)9-15-19-14-6-5-7-18-16(14)20(15)12(3)4/h5-7,11-13H,8-10,17H2,1-4H3. The van der Waals surface area contributed by atoms with Gasteiger partial charge in [0.05, 0.1) is 0 Å². The molecule has 2 aromatic heterocycles. The Morgan fingerprint density at radius 2 is 2.00 bits per heavy atom. The largest absolute Gasteiger partial charge is 0.330 e. The van der Waals surface area contributed by atoms with Gasteiger partial charge in [-0.2, -0.15) is 0 Å². The Morgan fingerprint density at radius 1 is 1.25 bits per heavy atom. The fourth-order valence-electron chi connectivity index (χ4n) is 2.85. The minimum absolute atomic E-state index is 0.363. The number of imidazole rings is 1. The maximum Gasteiger partial charge on any atom is 0.160 e. The summed E-state index contributed by atoms with van der Waals surface area (Å²) in [7, 11) is 0. The van der Waals surface area contributed by atoms with Gasteiger partial charge in [-0.3, -0.25) is 0 Å². The minimum Gasteiger partial charge on any atom is -0.330 e. The molecule has 2 heterocycles. The molecule has 110 valence electrons. The lowest BCUT2D eigenvalue weighted by Gasteiger charge is -2.19. The monoisotopic (exact) mass is 274 g/mol. The smallest absolute Gasteiger partial charge is 0.160 e. The van der Waals surface area contributed by atoms with E-state index >= 15 is 0 Å². The molecular weight excluding hydrogens is 248 g/mol. The molecule has 0 fully saturated rings. The van der Waals surface area contributed by atoms with Crippen LogP contribution in [0.4, 0.5) is 0 Å². The normalized spacial score (nSPS) is 13.6. The van der Waals surface area contributed by atoms with E-state index in [9.17, 15) is 0 Å². The topological polar surface area (TPSA) is 56.7 Å². The first-order chi connectivity index (χ1) is 9.52. The Balaban J connectivity index is 2.35. The molecule has 0 aliphatic carbocycles. The summed E-state index contributed by atoms with van der Waals surface area (Å²) in [6.07, 6.45) is 3.91. The Labute approximate surface area is 121 Å². The fourth-order valence-corrected chi connectivity index (χ4v) is 2.85. The first kappa shape index (κ1) is 15.0. The van der Waals surface area contributed by atoms with Gasteiger partial charge in [0.15, 0.2) is 5.65 Å². The van der Waals surface area contributed by atoms with Crippen molar-refractivity contribution in [2.75, 3.05) is 6.54 Å². The summed E-state index contributed by atoms with van der Waals surface area (Å²) in [5, 5.41) is 0. The van der Waals surface area contributed by atoms with Crippen molar-refractivity contribution >= 4 is 11.2 Å². The Bertz CT molecular complexity index is 557. The van der Waals surface area contributed by atoms with Crippen molar-refractivity contribution in [3.8, 4) is 0 Å². The maximum atomic E-state index is 5.94. The van der Waals surface area contributed by atoms with Gasteiger partial charge >= 0.3 is 0 Å². The third-order valence-corrected chi connectivity index (χ3v) is 3.65. The number of fused-ring (bicyclic) bond motifs is 1. The van der Waals surface area contributed by atoms with Gasteiger partial charge in [-0.25, -0.2) is 9.97 Å². The SMILES string of the molecule is CC(C)CC(CN)Cc1nc2cccnc2n1C(C)C. The molecule has 1 unspecified atom stereocenters. The summed E-state index contributed by atoms with van der Waals surface area (Å²) in [5.41, 5.74) is 7.90. The predicted octanol–water partition coefficient (Wildman–Crippen LogP) is 3.18. The van der Waals surface area contributed by atoms with Crippen LogP contribution in [0.5, 0.6) is 0 Å². The van der Waals surface area contributed by atoms with Crippen molar-refractivity contribution < 1.29 is 0 Å². The average molecular weight is 274 g/mol. The number of pyridine rings is 1. The van der Waals surface area contributed by atoms with Gasteiger partial charge in [-0.05, 0) is 50.8 Å². The second-order valence-electron chi connectivity index (χ2n) is 6.27. The first-order valence-corrected chi connectivity index (χ1v) is 7.54. The second kappa shape index (κ2) is 6.35. The fraction of sp³-hybridized carbons (Fsp3) is 0.625. The van der Waals surface area contributed by atoms with Crippen LogP contribution in [0.1, 0.15) is 46.0 Å². The van der Waals surface area contributed by atoms with Gasteiger partial charge in [-0.15, -0.1) is 0 Å². The average Bonchev–Trinajstić information content (AvgIpc) is 2.75. The summed E-state index contributed by atoms with van der Waals surface area (Å²) >= 11 is 0. The zero-order valence-corrected chi connectivity index (χ0v) is 13.0. The van der Waals surface area contributed by atoms with E-state index < -0.39 is 0 Å². The molecule has 0 radical (unpaired) electrons. The quantitative estimate of drug-likeness (QED) is 0.880. The highest BCUT2D eigenvalue weighted by Crippen LogP contribution is 2.23. The lowest BCUT2D eigenvalue weighted by molar-refractivity contribution is 0.399. The molecule has 20 heavy (non-hydrogen) atoms. The molecule has 4 heteroatoms. The van der Waals surface area contributed by atoms with Crippen LogP contribution in [-0.4, -0.2) is 21.1 Å². The predicted molar refractivity (Wildman–Crippen MR) is 83.6 cm³/mol. The Hall–Kier alpha value is -1.42. The van der Waals surface area contributed by atoms with E-state index in [1.807, 2.05) is 18.3 Å². The van der Waals surface area contributed by atoms with Gasteiger partial charge in [0.1, 0.15) is 11.3 Å². The Morgan fingerprint density at radius 3 is 2.60 bits per heavy atom. The molecule has 0 bridgehead atoms. The van der Waals surface area contributed by atoms with Crippen molar-refractivity contribution in [3.63, 3.8) is 0 Å². The van der Waals surface area contributed by atoms with Crippen molar-refractivity contribution in [2.24, 2.45) is 17.6 Å². The van der Waals surface area contributed by atoms with Crippen LogP contribution >= 0.6 is 0 Å². The van der Waals surface area contributed by atoms with E-state index in [0.29, 0.717) is 24.4 Å². The van der Waals surface area contributed by atoms with Crippen LogP contribution in [-0.2, 0) is 6.42 Å². The summed E-state index contributed by atoms with van der Waals surface area (Å²) in [6.45, 7) is 9.57. The third kappa shape index (κ3) is 3.18. The zero-order valence-electron chi connectivity index (χ0n) is 13.0. The first-order valence-electron chi connectivity index (χ1n) is 7.54. The van der Waals surface area contributed by atoms with Crippen LogP contribution in [0, 0.1) is 11.8 Å².